The van der Waals surface area contributed by atoms with Gasteiger partial charge in [-0.1, -0.05) is 30.3 Å². The predicted octanol–water partition coefficient (Wildman–Crippen LogP) is 0.472. The van der Waals surface area contributed by atoms with Crippen molar-refractivity contribution in [2.45, 2.75) is 13.1 Å². The third-order valence-electron chi connectivity index (χ3n) is 4.60. The van der Waals surface area contributed by atoms with Crippen LogP contribution in [0.3, 0.4) is 0 Å². The van der Waals surface area contributed by atoms with Gasteiger partial charge in [0.25, 0.3) is 11.5 Å². The second-order valence-corrected chi connectivity index (χ2v) is 7.43. The topological polar surface area (TPSA) is 96.2 Å². The smallest absolute Gasteiger partial charge is 0.319 e. The monoisotopic (exact) mass is 410 g/mol. The van der Waals surface area contributed by atoms with Gasteiger partial charge in [0.1, 0.15) is 6.54 Å². The lowest BCUT2D eigenvalue weighted by Crippen LogP contribution is -2.37. The molecule has 0 bridgehead atoms. The van der Waals surface area contributed by atoms with Gasteiger partial charge >= 0.3 is 5.69 Å². The second kappa shape index (κ2) is 7.47. The molecule has 0 unspecified atom stereocenters. The van der Waals surface area contributed by atoms with Gasteiger partial charge in [-0.15, -0.1) is 11.3 Å². The van der Waals surface area contributed by atoms with E-state index in [1.807, 2.05) is 46.5 Å². The van der Waals surface area contributed by atoms with Gasteiger partial charge in [-0.3, -0.25) is 18.7 Å². The van der Waals surface area contributed by atoms with E-state index in [0.717, 1.165) is 10.1 Å². The van der Waals surface area contributed by atoms with E-state index >= 15 is 0 Å². The molecule has 0 saturated heterocycles. The van der Waals surface area contributed by atoms with Crippen LogP contribution in [0.2, 0.25) is 0 Å². The maximum absolute atomic E-state index is 12.6. The number of fused-ring (bicyclic) bond motifs is 1. The van der Waals surface area contributed by atoms with Gasteiger partial charge in [0.15, 0.2) is 16.0 Å². The summed E-state index contributed by atoms with van der Waals surface area (Å²) in [6, 6.07) is 9.89. The number of thiazole rings is 1. The highest BCUT2D eigenvalue weighted by atomic mass is 32.1. The van der Waals surface area contributed by atoms with Crippen LogP contribution in [0.1, 0.15) is 5.56 Å². The van der Waals surface area contributed by atoms with Crippen molar-refractivity contribution in [3.8, 4) is 0 Å². The third-order valence-corrected chi connectivity index (χ3v) is 5.39. The Morgan fingerprint density at radius 2 is 1.86 bits per heavy atom. The first-order valence-corrected chi connectivity index (χ1v) is 9.70. The molecule has 29 heavy (non-hydrogen) atoms. The fourth-order valence-corrected chi connectivity index (χ4v) is 3.84. The van der Waals surface area contributed by atoms with Crippen LogP contribution in [0, 0.1) is 0 Å². The first kappa shape index (κ1) is 18.8. The van der Waals surface area contributed by atoms with Gasteiger partial charge in [0, 0.05) is 32.2 Å². The number of benzene rings is 1. The van der Waals surface area contributed by atoms with Gasteiger partial charge in [0.2, 0.25) is 0 Å². The Labute approximate surface area is 168 Å². The SMILES string of the molecule is Cn1c(=O)c2c(ncn2CC(=O)N=c2sccn2Cc2ccccc2)n(C)c1=O. The van der Waals surface area contributed by atoms with E-state index < -0.39 is 17.2 Å². The highest BCUT2D eigenvalue weighted by molar-refractivity contribution is 7.07. The molecule has 148 valence electrons. The zero-order chi connectivity index (χ0) is 20.5. The minimum atomic E-state index is -0.497. The number of carbonyl (C=O) groups is 1. The quantitative estimate of drug-likeness (QED) is 0.489. The zero-order valence-electron chi connectivity index (χ0n) is 15.8. The average Bonchev–Trinajstić information content (AvgIpc) is 3.32. The Kier molecular flexibility index (Phi) is 4.85. The molecule has 0 aliphatic carbocycles. The van der Waals surface area contributed by atoms with Crippen molar-refractivity contribution in [3.63, 3.8) is 0 Å². The minimum Gasteiger partial charge on any atom is -0.319 e. The standard InChI is InChI=1S/C19H18N6O3S/c1-22-16-15(17(27)23(2)19(22)28)25(12-20-16)11-14(26)21-18-24(8-9-29-18)10-13-6-4-3-5-7-13/h3-9,12H,10-11H2,1-2H3. The molecule has 10 heteroatoms. The van der Waals surface area contributed by atoms with E-state index in [2.05, 4.69) is 9.98 Å². The number of hydrogen-bond acceptors (Lipinski definition) is 5. The van der Waals surface area contributed by atoms with E-state index in [1.54, 1.807) is 0 Å². The average molecular weight is 410 g/mol. The van der Waals surface area contributed by atoms with Gasteiger partial charge in [-0.2, -0.15) is 4.99 Å². The highest BCUT2D eigenvalue weighted by Gasteiger charge is 2.15. The largest absolute Gasteiger partial charge is 0.332 e. The van der Waals surface area contributed by atoms with Crippen LogP contribution >= 0.6 is 11.3 Å². The summed E-state index contributed by atoms with van der Waals surface area (Å²) in [5.74, 6) is -0.413. The molecule has 0 atom stereocenters. The van der Waals surface area contributed by atoms with Crippen LogP contribution in [0.4, 0.5) is 0 Å². The summed E-state index contributed by atoms with van der Waals surface area (Å²) in [5.41, 5.74) is 0.570. The molecule has 3 aromatic heterocycles. The van der Waals surface area contributed by atoms with E-state index in [0.29, 0.717) is 11.3 Å². The zero-order valence-corrected chi connectivity index (χ0v) is 16.7. The molecule has 0 spiro atoms. The molecule has 4 rings (SSSR count). The second-order valence-electron chi connectivity index (χ2n) is 6.56. The molecule has 0 saturated carbocycles. The number of aromatic nitrogens is 5. The number of rotatable bonds is 4. The normalized spacial score (nSPS) is 12.0. The van der Waals surface area contributed by atoms with Crippen LogP contribution in [-0.4, -0.2) is 29.2 Å². The van der Waals surface area contributed by atoms with Crippen molar-refractivity contribution in [1.82, 2.24) is 23.3 Å². The first-order valence-electron chi connectivity index (χ1n) is 8.82. The Bertz CT molecular complexity index is 1390. The summed E-state index contributed by atoms with van der Waals surface area (Å²) < 4.78 is 5.60. The first-order chi connectivity index (χ1) is 14.0. The summed E-state index contributed by atoms with van der Waals surface area (Å²) in [4.78, 5) is 46.0. The van der Waals surface area contributed by atoms with Crippen molar-refractivity contribution in [2.24, 2.45) is 19.1 Å². The summed E-state index contributed by atoms with van der Waals surface area (Å²) in [7, 11) is 2.93. The number of imidazole rings is 1. The van der Waals surface area contributed by atoms with Crippen molar-refractivity contribution in [2.75, 3.05) is 0 Å². The molecule has 0 aliphatic heterocycles. The van der Waals surface area contributed by atoms with Crippen LogP contribution in [0.15, 0.2) is 62.8 Å². The van der Waals surface area contributed by atoms with Gasteiger partial charge in [0.05, 0.1) is 6.33 Å². The molecule has 0 N–H and O–H groups in total. The molecular formula is C19H18N6O3S. The van der Waals surface area contributed by atoms with Crippen LogP contribution in [-0.2, 0) is 32.0 Å². The maximum atomic E-state index is 12.6. The van der Waals surface area contributed by atoms with Crippen molar-refractivity contribution in [1.29, 1.82) is 0 Å². The molecule has 1 amide bonds. The predicted molar refractivity (Wildman–Crippen MR) is 109 cm³/mol. The van der Waals surface area contributed by atoms with E-state index in [1.165, 1.54) is 40.9 Å². The summed E-state index contributed by atoms with van der Waals surface area (Å²) in [6.07, 6.45) is 3.26. The minimum absolute atomic E-state index is 0.146. The fraction of sp³-hybridized carbons (Fsp3) is 0.211. The highest BCUT2D eigenvalue weighted by Crippen LogP contribution is 2.06. The summed E-state index contributed by atoms with van der Waals surface area (Å²) in [6.45, 7) is 0.459. The molecule has 0 radical (unpaired) electrons. The van der Waals surface area contributed by atoms with Gasteiger partial charge in [-0.05, 0) is 5.56 Å². The molecule has 1 aromatic carbocycles. The Hall–Kier alpha value is -3.53. The Balaban J connectivity index is 1.66. The van der Waals surface area contributed by atoms with E-state index in [-0.39, 0.29) is 17.7 Å². The fourth-order valence-electron chi connectivity index (χ4n) is 3.09. The van der Waals surface area contributed by atoms with E-state index in [9.17, 15) is 14.4 Å². The van der Waals surface area contributed by atoms with Crippen LogP contribution in [0.5, 0.6) is 0 Å². The van der Waals surface area contributed by atoms with Crippen LogP contribution in [0.25, 0.3) is 11.2 Å². The molecule has 4 aromatic rings. The van der Waals surface area contributed by atoms with E-state index in [4.69, 9.17) is 0 Å². The number of hydrogen-bond donors (Lipinski definition) is 0. The lowest BCUT2D eigenvalue weighted by Gasteiger charge is -2.05. The van der Waals surface area contributed by atoms with Crippen molar-refractivity contribution in [3.05, 3.63) is 79.4 Å². The number of aryl methyl sites for hydroxylation is 1. The molecular weight excluding hydrogens is 392 g/mol. The molecule has 0 fully saturated rings. The molecule has 3 heterocycles. The Morgan fingerprint density at radius 1 is 1.10 bits per heavy atom. The number of carbonyl (C=O) groups excluding carboxylic acids is 1. The third kappa shape index (κ3) is 3.49. The van der Waals surface area contributed by atoms with Crippen molar-refractivity contribution >= 4 is 28.4 Å². The van der Waals surface area contributed by atoms with Gasteiger partial charge < -0.3 is 9.13 Å². The van der Waals surface area contributed by atoms with Crippen molar-refractivity contribution < 1.29 is 4.79 Å². The van der Waals surface area contributed by atoms with Crippen LogP contribution < -0.4 is 16.1 Å². The molecule has 0 aliphatic rings. The number of amides is 1. The lowest BCUT2D eigenvalue weighted by molar-refractivity contribution is -0.118. The molecule has 9 nitrogen and oxygen atoms in total. The Morgan fingerprint density at radius 3 is 2.62 bits per heavy atom. The number of nitrogens with zero attached hydrogens (tertiary/aromatic N) is 6. The lowest BCUT2D eigenvalue weighted by atomic mass is 10.2. The maximum Gasteiger partial charge on any atom is 0.332 e. The summed E-state index contributed by atoms with van der Waals surface area (Å²) >= 11 is 1.36. The summed E-state index contributed by atoms with van der Waals surface area (Å²) in [5, 5.41) is 1.87. The van der Waals surface area contributed by atoms with Gasteiger partial charge in [-0.25, -0.2) is 9.78 Å².